The van der Waals surface area contributed by atoms with Crippen molar-refractivity contribution in [2.24, 2.45) is 0 Å². The molecule has 0 aliphatic rings. The van der Waals surface area contributed by atoms with Gasteiger partial charge in [0.25, 0.3) is 0 Å². The van der Waals surface area contributed by atoms with Crippen molar-refractivity contribution in [3.8, 4) is 0 Å². The molecule has 0 saturated heterocycles. The van der Waals surface area contributed by atoms with Crippen molar-refractivity contribution >= 4 is 11.6 Å². The summed E-state index contributed by atoms with van der Waals surface area (Å²) in [6, 6.07) is 6.46. The Hall–Kier alpha value is -0.680. The van der Waals surface area contributed by atoms with E-state index in [9.17, 15) is 4.39 Å². The van der Waals surface area contributed by atoms with Crippen molar-refractivity contribution in [2.75, 3.05) is 46.0 Å². The maximum absolute atomic E-state index is 12.9. The van der Waals surface area contributed by atoms with Crippen LogP contribution in [0.2, 0.25) is 0 Å². The van der Waals surface area contributed by atoms with Crippen LogP contribution in [-0.4, -0.2) is 46.0 Å². The number of halogens is 2. The minimum absolute atomic E-state index is 0.187. The van der Waals surface area contributed by atoms with E-state index >= 15 is 0 Å². The van der Waals surface area contributed by atoms with Gasteiger partial charge in [0, 0.05) is 19.6 Å². The average molecular weight is 305 g/mol. The highest BCUT2D eigenvalue weighted by atomic mass is 35.5. The molecule has 1 atom stereocenters. The number of benzene rings is 1. The largest absolute Gasteiger partial charge is 0.382 e. The van der Waals surface area contributed by atoms with Gasteiger partial charge in [0.15, 0.2) is 0 Å². The molecule has 0 aliphatic carbocycles. The lowest BCUT2D eigenvalue weighted by Crippen LogP contribution is -2.11. The summed E-state index contributed by atoms with van der Waals surface area (Å²) in [4.78, 5) is 0. The maximum Gasteiger partial charge on any atom is 0.123 e. The highest BCUT2D eigenvalue weighted by Gasteiger charge is 2.10. The first-order chi connectivity index (χ1) is 9.77. The molecule has 114 valence electrons. The second-order valence-corrected chi connectivity index (χ2v) is 4.72. The highest BCUT2D eigenvalue weighted by Crippen LogP contribution is 2.21. The Labute approximate surface area is 125 Å². The number of rotatable bonds is 11. The summed E-state index contributed by atoms with van der Waals surface area (Å²) in [5, 5.41) is 0. The molecule has 0 fully saturated rings. The summed E-state index contributed by atoms with van der Waals surface area (Å²) < 4.78 is 28.5. The number of ether oxygens (including phenoxy) is 3. The topological polar surface area (TPSA) is 27.7 Å². The van der Waals surface area contributed by atoms with Gasteiger partial charge in [-0.2, -0.15) is 0 Å². The van der Waals surface area contributed by atoms with E-state index in [1.807, 2.05) is 0 Å². The fourth-order valence-corrected chi connectivity index (χ4v) is 2.09. The molecule has 1 aromatic rings. The summed E-state index contributed by atoms with van der Waals surface area (Å²) in [5.74, 6) is 0.456. The Bertz CT molecular complexity index is 345. The lowest BCUT2D eigenvalue weighted by atomic mass is 9.98. The van der Waals surface area contributed by atoms with Crippen molar-refractivity contribution in [3.05, 3.63) is 35.6 Å². The zero-order valence-electron chi connectivity index (χ0n) is 11.8. The molecular weight excluding hydrogens is 283 g/mol. The fraction of sp³-hybridized carbons (Fsp3) is 0.600. The van der Waals surface area contributed by atoms with Gasteiger partial charge in [-0.3, -0.25) is 0 Å². The van der Waals surface area contributed by atoms with E-state index in [4.69, 9.17) is 25.8 Å². The molecule has 0 aliphatic heterocycles. The van der Waals surface area contributed by atoms with Crippen LogP contribution in [0.25, 0.3) is 0 Å². The molecule has 0 spiro atoms. The fourth-order valence-electron chi connectivity index (χ4n) is 1.76. The molecule has 0 bridgehead atoms. The first-order valence-corrected chi connectivity index (χ1v) is 7.27. The highest BCUT2D eigenvalue weighted by molar-refractivity contribution is 6.18. The van der Waals surface area contributed by atoms with Crippen molar-refractivity contribution in [1.29, 1.82) is 0 Å². The summed E-state index contributed by atoms with van der Waals surface area (Å²) in [6.45, 7) is 2.91. The maximum atomic E-state index is 12.9. The smallest absolute Gasteiger partial charge is 0.123 e. The van der Waals surface area contributed by atoms with E-state index in [2.05, 4.69) is 0 Å². The summed E-state index contributed by atoms with van der Waals surface area (Å²) >= 11 is 5.95. The molecule has 0 heterocycles. The Morgan fingerprint density at radius 3 is 2.20 bits per heavy atom. The predicted octanol–water partition coefficient (Wildman–Crippen LogP) is 3.22. The van der Waals surface area contributed by atoms with Gasteiger partial charge in [0.1, 0.15) is 5.82 Å². The molecule has 0 radical (unpaired) electrons. The third kappa shape index (κ3) is 7.20. The normalized spacial score (nSPS) is 12.6. The monoisotopic (exact) mass is 304 g/mol. The molecule has 5 heteroatoms. The second-order valence-electron chi connectivity index (χ2n) is 4.41. The first-order valence-electron chi connectivity index (χ1n) is 6.73. The Balaban J connectivity index is 2.14. The molecule has 20 heavy (non-hydrogen) atoms. The Morgan fingerprint density at radius 2 is 1.60 bits per heavy atom. The van der Waals surface area contributed by atoms with E-state index in [0.29, 0.717) is 38.9 Å². The first kappa shape index (κ1) is 17.4. The summed E-state index contributed by atoms with van der Waals surface area (Å²) in [5.41, 5.74) is 1.04. The van der Waals surface area contributed by atoms with Crippen LogP contribution in [0, 0.1) is 5.82 Å². The lowest BCUT2D eigenvalue weighted by molar-refractivity contribution is 0.0235. The van der Waals surface area contributed by atoms with Crippen molar-refractivity contribution in [1.82, 2.24) is 0 Å². The van der Waals surface area contributed by atoms with E-state index < -0.39 is 0 Å². The van der Waals surface area contributed by atoms with E-state index in [1.165, 1.54) is 12.1 Å². The predicted molar refractivity (Wildman–Crippen MR) is 78.0 cm³/mol. The minimum Gasteiger partial charge on any atom is -0.382 e. The molecular formula is C15H22ClFO3. The van der Waals surface area contributed by atoms with Crippen LogP contribution in [0.1, 0.15) is 17.9 Å². The number of methoxy groups -OCH3 is 1. The molecule has 1 unspecified atom stereocenters. The Kier molecular flexibility index (Phi) is 9.58. The van der Waals surface area contributed by atoms with Crippen LogP contribution in [0.15, 0.2) is 24.3 Å². The van der Waals surface area contributed by atoms with Gasteiger partial charge in [-0.05, 0) is 30.0 Å². The molecule has 3 nitrogen and oxygen atoms in total. The quantitative estimate of drug-likeness (QED) is 0.464. The third-order valence-corrected chi connectivity index (χ3v) is 3.31. The number of hydrogen-bond donors (Lipinski definition) is 0. The van der Waals surface area contributed by atoms with Crippen LogP contribution < -0.4 is 0 Å². The van der Waals surface area contributed by atoms with Crippen molar-refractivity contribution in [3.63, 3.8) is 0 Å². The van der Waals surface area contributed by atoms with E-state index in [1.54, 1.807) is 19.2 Å². The lowest BCUT2D eigenvalue weighted by Gasteiger charge is -2.14. The third-order valence-electron chi connectivity index (χ3n) is 2.94. The van der Waals surface area contributed by atoms with Crippen LogP contribution in [0.5, 0.6) is 0 Å². The van der Waals surface area contributed by atoms with Crippen LogP contribution in [0.4, 0.5) is 4.39 Å². The second kappa shape index (κ2) is 11.0. The molecule has 1 aromatic carbocycles. The number of hydrogen-bond acceptors (Lipinski definition) is 3. The minimum atomic E-state index is -0.230. The zero-order chi connectivity index (χ0) is 14.6. The van der Waals surface area contributed by atoms with Crippen molar-refractivity contribution < 1.29 is 18.6 Å². The van der Waals surface area contributed by atoms with Gasteiger partial charge in [-0.1, -0.05) is 12.1 Å². The van der Waals surface area contributed by atoms with Gasteiger partial charge < -0.3 is 14.2 Å². The van der Waals surface area contributed by atoms with E-state index in [0.717, 1.165) is 12.0 Å². The molecule has 0 saturated carbocycles. The van der Waals surface area contributed by atoms with Gasteiger partial charge in [-0.15, -0.1) is 11.6 Å². The Morgan fingerprint density at radius 1 is 1.00 bits per heavy atom. The average Bonchev–Trinajstić information content (AvgIpc) is 2.47. The summed E-state index contributed by atoms with van der Waals surface area (Å²) in [6.07, 6.45) is 0.813. The van der Waals surface area contributed by atoms with E-state index in [-0.39, 0.29) is 11.7 Å². The zero-order valence-corrected chi connectivity index (χ0v) is 12.6. The summed E-state index contributed by atoms with van der Waals surface area (Å²) in [7, 11) is 1.64. The van der Waals surface area contributed by atoms with Crippen molar-refractivity contribution in [2.45, 2.75) is 12.3 Å². The molecule has 0 aromatic heterocycles. The van der Waals surface area contributed by atoms with Gasteiger partial charge in [0.05, 0.1) is 26.4 Å². The molecule has 0 N–H and O–H groups in total. The van der Waals surface area contributed by atoms with Crippen LogP contribution >= 0.6 is 11.6 Å². The van der Waals surface area contributed by atoms with Crippen LogP contribution in [-0.2, 0) is 14.2 Å². The molecule has 0 amide bonds. The number of alkyl halides is 1. The SMILES string of the molecule is COCCOCCOCCC(CCl)c1ccc(F)cc1. The van der Waals surface area contributed by atoms with Crippen LogP contribution in [0.3, 0.4) is 0 Å². The molecule has 1 rings (SSSR count). The van der Waals surface area contributed by atoms with Gasteiger partial charge in [0.2, 0.25) is 0 Å². The van der Waals surface area contributed by atoms with Gasteiger partial charge in [-0.25, -0.2) is 4.39 Å². The standard InChI is InChI=1S/C15H22ClFO3/c1-18-8-9-20-11-10-19-7-6-14(12-16)13-2-4-15(17)5-3-13/h2-5,14H,6-12H2,1H3. The van der Waals surface area contributed by atoms with Gasteiger partial charge >= 0.3 is 0 Å².